The second kappa shape index (κ2) is 6.21. The zero-order valence-corrected chi connectivity index (χ0v) is 16.0. The molecular formula is C19H27N5O2. The van der Waals surface area contributed by atoms with Crippen LogP contribution in [0.25, 0.3) is 0 Å². The topological polar surface area (TPSA) is 70.9 Å². The van der Waals surface area contributed by atoms with Crippen molar-refractivity contribution in [3.05, 3.63) is 17.6 Å². The van der Waals surface area contributed by atoms with Crippen LogP contribution in [-0.4, -0.2) is 57.3 Å². The van der Waals surface area contributed by atoms with Gasteiger partial charge in [0, 0.05) is 43.4 Å². The van der Waals surface area contributed by atoms with E-state index < -0.39 is 5.60 Å². The lowest BCUT2D eigenvalue weighted by molar-refractivity contribution is -0.153. The average Bonchev–Trinajstić information content (AvgIpc) is 3.05. The number of oxime groups is 1. The fourth-order valence-electron chi connectivity index (χ4n) is 4.64. The molecule has 4 heterocycles. The molecule has 1 amide bonds. The van der Waals surface area contributed by atoms with E-state index in [0.29, 0.717) is 18.5 Å². The van der Waals surface area contributed by atoms with Crippen LogP contribution in [-0.2, 0) is 9.63 Å². The molecule has 0 aliphatic carbocycles. The zero-order chi connectivity index (χ0) is 18.5. The number of nitrogens with zero attached hydrogens (tertiary/aromatic N) is 5. The highest BCUT2D eigenvalue weighted by molar-refractivity contribution is 5.94. The second-order valence-electron chi connectivity index (χ2n) is 8.07. The van der Waals surface area contributed by atoms with Crippen molar-refractivity contribution in [3.63, 3.8) is 0 Å². The van der Waals surface area contributed by atoms with Crippen molar-refractivity contribution in [3.8, 4) is 0 Å². The summed E-state index contributed by atoms with van der Waals surface area (Å²) in [6.07, 6.45) is 3.78. The van der Waals surface area contributed by atoms with Crippen molar-refractivity contribution in [1.82, 2.24) is 14.9 Å². The van der Waals surface area contributed by atoms with Crippen molar-refractivity contribution in [2.75, 3.05) is 18.0 Å². The van der Waals surface area contributed by atoms with Crippen molar-refractivity contribution in [2.24, 2.45) is 5.16 Å². The molecule has 26 heavy (non-hydrogen) atoms. The fraction of sp³-hybridized carbons (Fsp3) is 0.684. The number of likely N-dealkylation sites (tertiary alicyclic amines) is 1. The Morgan fingerprint density at radius 1 is 1.19 bits per heavy atom. The van der Waals surface area contributed by atoms with Gasteiger partial charge in [0.1, 0.15) is 11.6 Å². The highest BCUT2D eigenvalue weighted by Gasteiger charge is 2.46. The maximum atomic E-state index is 13.1. The lowest BCUT2D eigenvalue weighted by Gasteiger charge is -2.32. The minimum atomic E-state index is -0.847. The monoisotopic (exact) mass is 357 g/mol. The van der Waals surface area contributed by atoms with Gasteiger partial charge in [-0.3, -0.25) is 4.79 Å². The van der Waals surface area contributed by atoms with E-state index in [1.807, 2.05) is 32.6 Å². The lowest BCUT2D eigenvalue weighted by atomic mass is 9.97. The maximum absolute atomic E-state index is 13.1. The van der Waals surface area contributed by atoms with E-state index in [2.05, 4.69) is 26.1 Å². The molecule has 4 rings (SSSR count). The highest BCUT2D eigenvalue weighted by Crippen LogP contribution is 2.35. The van der Waals surface area contributed by atoms with Gasteiger partial charge in [-0.15, -0.1) is 0 Å². The van der Waals surface area contributed by atoms with E-state index >= 15 is 0 Å². The number of hydrogen-bond acceptors (Lipinski definition) is 6. The number of aromatic nitrogens is 2. The van der Waals surface area contributed by atoms with Crippen molar-refractivity contribution in [2.45, 2.75) is 71.1 Å². The van der Waals surface area contributed by atoms with Crippen LogP contribution in [0.3, 0.4) is 0 Å². The lowest BCUT2D eigenvalue weighted by Crippen LogP contribution is -2.50. The first kappa shape index (κ1) is 17.2. The van der Waals surface area contributed by atoms with Crippen molar-refractivity contribution in [1.29, 1.82) is 0 Å². The highest BCUT2D eigenvalue weighted by atomic mass is 16.7. The summed E-state index contributed by atoms with van der Waals surface area (Å²) in [5.41, 5.74) is 1.02. The van der Waals surface area contributed by atoms with E-state index in [-0.39, 0.29) is 5.91 Å². The van der Waals surface area contributed by atoms with Crippen molar-refractivity contribution < 1.29 is 9.63 Å². The van der Waals surface area contributed by atoms with E-state index in [1.54, 1.807) is 0 Å². The van der Waals surface area contributed by atoms with Crippen LogP contribution in [0.1, 0.15) is 51.0 Å². The Balaban J connectivity index is 1.55. The Bertz CT molecular complexity index is 744. The van der Waals surface area contributed by atoms with Crippen LogP contribution in [0, 0.1) is 13.8 Å². The molecule has 3 atom stereocenters. The molecule has 140 valence electrons. The number of carbonyl (C=O) groups excluding carboxylic acids is 1. The van der Waals surface area contributed by atoms with E-state index in [1.165, 1.54) is 0 Å². The number of aryl methyl sites for hydroxylation is 2. The standard InChI is InChI=1S/C19H27N5O2/c1-12-9-17(21-14(3)20-12)24-15-5-6-16(24)11-23(8-7-15)18(25)19(4)10-13(2)22-26-19/h9,15-16H,5-8,10-11H2,1-4H3. The molecule has 1 aromatic heterocycles. The first-order chi connectivity index (χ1) is 12.4. The predicted octanol–water partition coefficient (Wildman–Crippen LogP) is 2.22. The molecular weight excluding hydrogens is 330 g/mol. The van der Waals surface area contributed by atoms with Gasteiger partial charge in [0.15, 0.2) is 0 Å². The normalized spacial score (nSPS) is 30.8. The predicted molar refractivity (Wildman–Crippen MR) is 99.2 cm³/mol. The van der Waals surface area contributed by atoms with Crippen molar-refractivity contribution >= 4 is 17.4 Å². The van der Waals surface area contributed by atoms with Gasteiger partial charge in [-0.05, 0) is 47.0 Å². The number of rotatable bonds is 2. The molecule has 2 saturated heterocycles. The number of amides is 1. The summed E-state index contributed by atoms with van der Waals surface area (Å²) in [4.78, 5) is 32.1. The van der Waals surface area contributed by atoms with E-state index in [9.17, 15) is 4.79 Å². The summed E-state index contributed by atoms with van der Waals surface area (Å²) in [6.45, 7) is 9.19. The van der Waals surface area contributed by atoms with Crippen LogP contribution < -0.4 is 4.90 Å². The Morgan fingerprint density at radius 3 is 2.65 bits per heavy atom. The number of anilines is 1. The Kier molecular flexibility index (Phi) is 4.12. The quantitative estimate of drug-likeness (QED) is 0.812. The average molecular weight is 357 g/mol. The first-order valence-corrected chi connectivity index (χ1v) is 9.47. The van der Waals surface area contributed by atoms with Gasteiger partial charge in [-0.25, -0.2) is 9.97 Å². The molecule has 3 aliphatic heterocycles. The van der Waals surface area contributed by atoms with Gasteiger partial charge in [0.2, 0.25) is 5.60 Å². The largest absolute Gasteiger partial charge is 0.379 e. The molecule has 0 saturated carbocycles. The SMILES string of the molecule is CC1=NOC(C)(C(=O)N2CCC3CCC(C2)N3c2cc(C)nc(C)n2)C1. The number of fused-ring (bicyclic) bond motifs is 2. The molecule has 3 unspecified atom stereocenters. The van der Waals surface area contributed by atoms with Gasteiger partial charge in [0.25, 0.3) is 5.91 Å². The Labute approximate surface area is 154 Å². The molecule has 0 radical (unpaired) electrons. The molecule has 3 aliphatic rings. The first-order valence-electron chi connectivity index (χ1n) is 9.47. The van der Waals surface area contributed by atoms with E-state index in [0.717, 1.165) is 55.4 Å². The van der Waals surface area contributed by atoms with Gasteiger partial charge >= 0.3 is 0 Å². The summed E-state index contributed by atoms with van der Waals surface area (Å²) in [6, 6.07) is 2.79. The van der Waals surface area contributed by atoms with Gasteiger partial charge in [-0.1, -0.05) is 5.16 Å². The molecule has 2 fully saturated rings. The molecule has 7 nitrogen and oxygen atoms in total. The summed E-state index contributed by atoms with van der Waals surface area (Å²) >= 11 is 0. The summed E-state index contributed by atoms with van der Waals surface area (Å²) in [7, 11) is 0. The van der Waals surface area contributed by atoms with Crippen LogP contribution in [0.15, 0.2) is 11.2 Å². The minimum absolute atomic E-state index is 0.0562. The number of carbonyl (C=O) groups is 1. The third kappa shape index (κ3) is 2.93. The molecule has 0 aromatic carbocycles. The van der Waals surface area contributed by atoms with Gasteiger partial charge in [-0.2, -0.15) is 0 Å². The fourth-order valence-corrected chi connectivity index (χ4v) is 4.64. The van der Waals surface area contributed by atoms with Gasteiger partial charge in [0.05, 0.1) is 5.71 Å². The minimum Gasteiger partial charge on any atom is -0.379 e. The number of hydrogen-bond donors (Lipinski definition) is 0. The third-order valence-corrected chi connectivity index (χ3v) is 5.74. The molecule has 0 spiro atoms. The maximum Gasteiger partial charge on any atom is 0.269 e. The smallest absolute Gasteiger partial charge is 0.269 e. The summed E-state index contributed by atoms with van der Waals surface area (Å²) < 4.78 is 0. The van der Waals surface area contributed by atoms with Crippen LogP contribution in [0.5, 0.6) is 0 Å². The molecule has 1 aromatic rings. The summed E-state index contributed by atoms with van der Waals surface area (Å²) in [5.74, 6) is 1.86. The summed E-state index contributed by atoms with van der Waals surface area (Å²) in [5, 5.41) is 4.00. The van der Waals surface area contributed by atoms with Gasteiger partial charge < -0.3 is 14.6 Å². The molecule has 7 heteroatoms. The van der Waals surface area contributed by atoms with Crippen LogP contribution in [0.4, 0.5) is 5.82 Å². The van der Waals surface area contributed by atoms with E-state index in [4.69, 9.17) is 4.84 Å². The Morgan fingerprint density at radius 2 is 1.96 bits per heavy atom. The molecule has 0 N–H and O–H groups in total. The van der Waals surface area contributed by atoms with Crippen LogP contribution in [0.2, 0.25) is 0 Å². The zero-order valence-electron chi connectivity index (χ0n) is 16.0. The second-order valence-corrected chi connectivity index (χ2v) is 8.07. The molecule has 2 bridgehead atoms. The third-order valence-electron chi connectivity index (χ3n) is 5.74. The Hall–Kier alpha value is -2.18. The van der Waals surface area contributed by atoms with Crippen LogP contribution >= 0.6 is 0 Å².